The van der Waals surface area contributed by atoms with Crippen molar-refractivity contribution >= 4 is 49.8 Å². The van der Waals surface area contributed by atoms with Gasteiger partial charge < -0.3 is 9.30 Å². The molecule has 0 fully saturated rings. The first-order valence-electron chi connectivity index (χ1n) is 9.11. The number of carbonyl (C=O) groups is 1. The van der Waals surface area contributed by atoms with Crippen molar-refractivity contribution in [2.75, 3.05) is 13.2 Å². The van der Waals surface area contributed by atoms with E-state index in [1.807, 2.05) is 72.2 Å². The number of thiazole rings is 1. The highest BCUT2D eigenvalue weighted by Crippen LogP contribution is 2.25. The predicted octanol–water partition coefficient (Wildman–Crippen LogP) is 5.29. The largest absolute Gasteiger partial charge is 0.380 e. The van der Waals surface area contributed by atoms with Crippen LogP contribution in [0.2, 0.25) is 5.02 Å². The normalized spacial score (nSPS) is 12.1. The number of nitrogens with zero attached hydrogens (tertiary/aromatic N) is 2. The van der Waals surface area contributed by atoms with Crippen molar-refractivity contribution in [2.45, 2.75) is 13.5 Å². The molecule has 1 aromatic heterocycles. The second-order valence-corrected chi connectivity index (χ2v) is 7.71. The summed E-state index contributed by atoms with van der Waals surface area (Å²) in [5.74, 6) is -0.265. The third kappa shape index (κ3) is 3.74. The van der Waals surface area contributed by atoms with E-state index in [0.717, 1.165) is 21.0 Å². The molecule has 142 valence electrons. The zero-order valence-corrected chi connectivity index (χ0v) is 17.0. The van der Waals surface area contributed by atoms with Gasteiger partial charge in [0.25, 0.3) is 5.91 Å². The third-order valence-electron chi connectivity index (χ3n) is 4.51. The summed E-state index contributed by atoms with van der Waals surface area (Å²) in [5.41, 5.74) is 1.46. The van der Waals surface area contributed by atoms with Crippen LogP contribution < -0.4 is 4.80 Å². The summed E-state index contributed by atoms with van der Waals surface area (Å²) < 4.78 is 8.47. The highest BCUT2D eigenvalue weighted by Gasteiger charge is 2.12. The molecule has 0 radical (unpaired) electrons. The first-order valence-corrected chi connectivity index (χ1v) is 10.3. The number of benzene rings is 3. The number of fused-ring (bicyclic) bond motifs is 2. The summed E-state index contributed by atoms with van der Waals surface area (Å²) >= 11 is 7.88. The number of halogens is 1. The van der Waals surface area contributed by atoms with Crippen LogP contribution in [0.1, 0.15) is 17.3 Å². The predicted molar refractivity (Wildman–Crippen MR) is 115 cm³/mol. The Morgan fingerprint density at radius 3 is 2.75 bits per heavy atom. The van der Waals surface area contributed by atoms with Crippen LogP contribution >= 0.6 is 22.9 Å². The van der Waals surface area contributed by atoms with E-state index in [1.54, 1.807) is 0 Å². The van der Waals surface area contributed by atoms with E-state index in [1.165, 1.54) is 11.3 Å². The Hall–Kier alpha value is -2.47. The summed E-state index contributed by atoms with van der Waals surface area (Å²) in [5, 5.41) is 2.76. The molecule has 4 nitrogen and oxygen atoms in total. The zero-order valence-electron chi connectivity index (χ0n) is 15.4. The smallest absolute Gasteiger partial charge is 0.279 e. The first-order chi connectivity index (χ1) is 13.7. The molecule has 0 bridgehead atoms. The Morgan fingerprint density at radius 1 is 1.11 bits per heavy atom. The van der Waals surface area contributed by atoms with E-state index in [4.69, 9.17) is 16.3 Å². The van der Waals surface area contributed by atoms with Crippen LogP contribution in [0.5, 0.6) is 0 Å². The summed E-state index contributed by atoms with van der Waals surface area (Å²) in [6.45, 7) is 3.71. The van der Waals surface area contributed by atoms with Crippen LogP contribution in [0.4, 0.5) is 0 Å². The van der Waals surface area contributed by atoms with Gasteiger partial charge in [0.2, 0.25) is 0 Å². The minimum atomic E-state index is -0.265. The third-order valence-corrected chi connectivity index (χ3v) is 5.86. The molecule has 4 rings (SSSR count). The van der Waals surface area contributed by atoms with Crippen molar-refractivity contribution in [3.05, 3.63) is 76.1 Å². The molecule has 0 saturated heterocycles. The van der Waals surface area contributed by atoms with Gasteiger partial charge in [-0.1, -0.05) is 59.3 Å². The maximum atomic E-state index is 12.9. The SMILES string of the molecule is CCOCCn1c(=NC(=O)c2ccc3ccccc3c2)sc2cccc(Cl)c21. The van der Waals surface area contributed by atoms with Crippen molar-refractivity contribution in [3.8, 4) is 0 Å². The summed E-state index contributed by atoms with van der Waals surface area (Å²) in [6.07, 6.45) is 0. The van der Waals surface area contributed by atoms with Crippen LogP contribution in [0.3, 0.4) is 0 Å². The van der Waals surface area contributed by atoms with Gasteiger partial charge in [0.1, 0.15) is 0 Å². The number of para-hydroxylation sites is 1. The number of hydrogen-bond acceptors (Lipinski definition) is 3. The fraction of sp³-hybridized carbons (Fsp3) is 0.182. The van der Waals surface area contributed by atoms with E-state index in [9.17, 15) is 4.79 Å². The van der Waals surface area contributed by atoms with Gasteiger partial charge in [0.05, 0.1) is 21.8 Å². The number of hydrogen-bond donors (Lipinski definition) is 0. The molecule has 4 aromatic rings. The standard InChI is InChI=1S/C22H19ClN2O2S/c1-2-27-13-12-25-20-18(23)8-5-9-19(20)28-22(25)24-21(26)17-11-10-15-6-3-4-7-16(15)14-17/h3-11,14H,2,12-13H2,1H3. The lowest BCUT2D eigenvalue weighted by Gasteiger charge is -2.06. The fourth-order valence-corrected chi connectivity index (χ4v) is 4.57. The van der Waals surface area contributed by atoms with E-state index in [2.05, 4.69) is 4.99 Å². The van der Waals surface area contributed by atoms with Crippen LogP contribution in [0, 0.1) is 0 Å². The van der Waals surface area contributed by atoms with Crippen molar-refractivity contribution < 1.29 is 9.53 Å². The van der Waals surface area contributed by atoms with Crippen molar-refractivity contribution in [3.63, 3.8) is 0 Å². The molecule has 0 N–H and O–H groups in total. The monoisotopic (exact) mass is 410 g/mol. The Balaban J connectivity index is 1.79. The Morgan fingerprint density at radius 2 is 1.93 bits per heavy atom. The van der Waals surface area contributed by atoms with Crippen LogP contribution in [-0.2, 0) is 11.3 Å². The number of aromatic nitrogens is 1. The van der Waals surface area contributed by atoms with Gasteiger partial charge in [-0.05, 0) is 42.0 Å². The van der Waals surface area contributed by atoms with Gasteiger partial charge in [0, 0.05) is 18.7 Å². The molecule has 1 heterocycles. The summed E-state index contributed by atoms with van der Waals surface area (Å²) in [7, 11) is 0. The number of amides is 1. The topological polar surface area (TPSA) is 43.6 Å². The first kappa shape index (κ1) is 18.9. The Bertz CT molecular complexity index is 1230. The second-order valence-electron chi connectivity index (χ2n) is 6.30. The second kappa shape index (κ2) is 8.27. The quantitative estimate of drug-likeness (QED) is 0.420. The van der Waals surface area contributed by atoms with E-state index < -0.39 is 0 Å². The highest BCUT2D eigenvalue weighted by atomic mass is 35.5. The van der Waals surface area contributed by atoms with E-state index in [0.29, 0.717) is 35.1 Å². The molecule has 6 heteroatoms. The van der Waals surface area contributed by atoms with Gasteiger partial charge in [0.15, 0.2) is 4.80 Å². The molecule has 0 aliphatic rings. The van der Waals surface area contributed by atoms with Crippen LogP contribution in [0.25, 0.3) is 21.0 Å². The maximum absolute atomic E-state index is 12.9. The fourth-order valence-electron chi connectivity index (χ4n) is 3.15. The van der Waals surface area contributed by atoms with Crippen molar-refractivity contribution in [1.82, 2.24) is 4.57 Å². The molecule has 28 heavy (non-hydrogen) atoms. The molecule has 0 aliphatic heterocycles. The van der Waals surface area contributed by atoms with Gasteiger partial charge in [-0.25, -0.2) is 0 Å². The van der Waals surface area contributed by atoms with Gasteiger partial charge in [-0.2, -0.15) is 4.99 Å². The number of rotatable bonds is 5. The minimum Gasteiger partial charge on any atom is -0.380 e. The molecule has 0 saturated carbocycles. The minimum absolute atomic E-state index is 0.265. The molecular formula is C22H19ClN2O2S. The lowest BCUT2D eigenvalue weighted by Crippen LogP contribution is -2.20. The maximum Gasteiger partial charge on any atom is 0.279 e. The Labute approximate surface area is 171 Å². The van der Waals surface area contributed by atoms with E-state index >= 15 is 0 Å². The average Bonchev–Trinajstić information content (AvgIpc) is 3.06. The molecule has 0 aliphatic carbocycles. The van der Waals surface area contributed by atoms with Gasteiger partial charge in [-0.3, -0.25) is 4.79 Å². The van der Waals surface area contributed by atoms with Crippen molar-refractivity contribution in [2.24, 2.45) is 4.99 Å². The van der Waals surface area contributed by atoms with Crippen LogP contribution in [-0.4, -0.2) is 23.7 Å². The summed E-state index contributed by atoms with van der Waals surface area (Å²) in [6, 6.07) is 19.4. The molecule has 0 spiro atoms. The number of ether oxygens (including phenoxy) is 1. The number of carbonyl (C=O) groups excluding carboxylic acids is 1. The molecule has 0 unspecified atom stereocenters. The molecular weight excluding hydrogens is 392 g/mol. The molecule has 3 aromatic carbocycles. The van der Waals surface area contributed by atoms with Gasteiger partial charge in [-0.15, -0.1) is 0 Å². The lowest BCUT2D eigenvalue weighted by molar-refractivity contribution is 0.0997. The highest BCUT2D eigenvalue weighted by molar-refractivity contribution is 7.16. The lowest BCUT2D eigenvalue weighted by atomic mass is 10.1. The van der Waals surface area contributed by atoms with Crippen LogP contribution in [0.15, 0.2) is 65.7 Å². The zero-order chi connectivity index (χ0) is 19.5. The van der Waals surface area contributed by atoms with Crippen molar-refractivity contribution in [1.29, 1.82) is 0 Å². The average molecular weight is 411 g/mol. The Kier molecular flexibility index (Phi) is 5.57. The molecule has 0 atom stereocenters. The van der Waals surface area contributed by atoms with E-state index in [-0.39, 0.29) is 5.91 Å². The summed E-state index contributed by atoms with van der Waals surface area (Å²) in [4.78, 5) is 17.9. The van der Waals surface area contributed by atoms with Gasteiger partial charge >= 0.3 is 0 Å². The molecule has 1 amide bonds.